The van der Waals surface area contributed by atoms with Gasteiger partial charge in [0.05, 0.1) is 12.3 Å². The zero-order valence-corrected chi connectivity index (χ0v) is 10.3. The summed E-state index contributed by atoms with van der Waals surface area (Å²) in [4.78, 5) is 22.6. The molecule has 0 aliphatic heterocycles. The summed E-state index contributed by atoms with van der Waals surface area (Å²) >= 11 is 0. The third-order valence-corrected chi connectivity index (χ3v) is 2.61. The van der Waals surface area contributed by atoms with E-state index in [-0.39, 0.29) is 12.3 Å². The van der Waals surface area contributed by atoms with E-state index in [1.807, 2.05) is 6.92 Å². The molecule has 0 aliphatic rings. The molecule has 0 atom stereocenters. The Balaban J connectivity index is 3.31. The van der Waals surface area contributed by atoms with Gasteiger partial charge < -0.3 is 9.94 Å². The van der Waals surface area contributed by atoms with Crippen LogP contribution in [0, 0.1) is 6.92 Å². The van der Waals surface area contributed by atoms with Crippen molar-refractivity contribution in [1.82, 2.24) is 4.73 Å². The molecule has 1 heterocycles. The molecule has 0 bridgehead atoms. The fourth-order valence-electron chi connectivity index (χ4n) is 1.82. The summed E-state index contributed by atoms with van der Waals surface area (Å²) in [6.07, 6.45) is 1.97. The number of ether oxygens (including phenoxy) is 1. The molecule has 17 heavy (non-hydrogen) atoms. The molecule has 1 aromatic rings. The van der Waals surface area contributed by atoms with Crippen LogP contribution in [-0.4, -0.2) is 28.8 Å². The molecule has 0 unspecified atom stereocenters. The lowest BCUT2D eigenvalue weighted by Gasteiger charge is -2.05. The van der Waals surface area contributed by atoms with Crippen LogP contribution in [0.1, 0.15) is 52.4 Å². The van der Waals surface area contributed by atoms with Crippen molar-refractivity contribution in [3.05, 3.63) is 22.5 Å². The van der Waals surface area contributed by atoms with E-state index in [4.69, 9.17) is 4.74 Å². The van der Waals surface area contributed by atoms with E-state index in [0.717, 1.165) is 11.2 Å². The van der Waals surface area contributed by atoms with E-state index < -0.39 is 5.97 Å². The summed E-state index contributed by atoms with van der Waals surface area (Å²) in [5, 5.41) is 9.91. The van der Waals surface area contributed by atoms with Crippen LogP contribution in [0.2, 0.25) is 0 Å². The van der Waals surface area contributed by atoms with Crippen LogP contribution in [0.5, 0.6) is 0 Å². The van der Waals surface area contributed by atoms with E-state index in [0.29, 0.717) is 29.5 Å². The Kier molecular flexibility index (Phi) is 4.31. The number of aromatic nitrogens is 1. The summed E-state index contributed by atoms with van der Waals surface area (Å²) < 4.78 is 5.62. The highest BCUT2D eigenvalue weighted by Gasteiger charge is 2.24. The monoisotopic (exact) mass is 239 g/mol. The standard InChI is InChI=1S/C12H17NO4/c1-4-6-10-9(7-14)8(3)11(13(10)16)12(15)17-5-2/h7,16H,4-6H2,1-3H3. The molecule has 1 aromatic heterocycles. The van der Waals surface area contributed by atoms with E-state index in [1.165, 1.54) is 0 Å². The van der Waals surface area contributed by atoms with Crippen LogP contribution in [0.25, 0.3) is 0 Å². The highest BCUT2D eigenvalue weighted by atomic mass is 16.5. The Labute approximate surface area is 100.0 Å². The Morgan fingerprint density at radius 2 is 2.12 bits per heavy atom. The number of esters is 1. The average Bonchev–Trinajstić information content (AvgIpc) is 2.51. The Bertz CT molecular complexity index is 434. The fourth-order valence-corrected chi connectivity index (χ4v) is 1.82. The van der Waals surface area contributed by atoms with Crippen molar-refractivity contribution in [2.45, 2.75) is 33.6 Å². The molecule has 0 saturated heterocycles. The van der Waals surface area contributed by atoms with Gasteiger partial charge in [0.1, 0.15) is 0 Å². The maximum atomic E-state index is 11.7. The first-order chi connectivity index (χ1) is 8.08. The lowest BCUT2D eigenvalue weighted by atomic mass is 10.1. The first-order valence-corrected chi connectivity index (χ1v) is 5.64. The smallest absolute Gasteiger partial charge is 0.358 e. The summed E-state index contributed by atoms with van der Waals surface area (Å²) in [7, 11) is 0. The number of aldehydes is 1. The third-order valence-electron chi connectivity index (χ3n) is 2.61. The van der Waals surface area contributed by atoms with Gasteiger partial charge in [-0.05, 0) is 25.8 Å². The number of hydrogen-bond donors (Lipinski definition) is 1. The van der Waals surface area contributed by atoms with Gasteiger partial charge in [0, 0.05) is 5.56 Å². The van der Waals surface area contributed by atoms with E-state index in [1.54, 1.807) is 13.8 Å². The average molecular weight is 239 g/mol. The molecule has 1 N–H and O–H groups in total. The SMILES string of the molecule is CCCc1c(C=O)c(C)c(C(=O)OCC)n1O. The molecule has 0 radical (unpaired) electrons. The van der Waals surface area contributed by atoms with Gasteiger partial charge >= 0.3 is 5.97 Å². The molecular formula is C12H17NO4. The zero-order chi connectivity index (χ0) is 13.0. The van der Waals surface area contributed by atoms with Crippen LogP contribution >= 0.6 is 0 Å². The van der Waals surface area contributed by atoms with E-state index >= 15 is 0 Å². The maximum absolute atomic E-state index is 11.7. The topological polar surface area (TPSA) is 68.5 Å². The predicted octanol–water partition coefficient (Wildman–Crippen LogP) is 1.98. The normalized spacial score (nSPS) is 10.3. The molecule has 5 nitrogen and oxygen atoms in total. The van der Waals surface area contributed by atoms with Crippen LogP contribution < -0.4 is 0 Å². The van der Waals surface area contributed by atoms with Crippen LogP contribution in [-0.2, 0) is 11.2 Å². The van der Waals surface area contributed by atoms with E-state index in [9.17, 15) is 14.8 Å². The van der Waals surface area contributed by atoms with Gasteiger partial charge in [0.2, 0.25) is 0 Å². The molecule has 0 aliphatic carbocycles. The van der Waals surface area contributed by atoms with Gasteiger partial charge in [-0.2, -0.15) is 4.73 Å². The molecule has 0 amide bonds. The molecular weight excluding hydrogens is 222 g/mol. The Morgan fingerprint density at radius 1 is 1.47 bits per heavy atom. The summed E-state index contributed by atoms with van der Waals surface area (Å²) in [6, 6.07) is 0. The summed E-state index contributed by atoms with van der Waals surface area (Å²) in [5.41, 5.74) is 1.34. The highest BCUT2D eigenvalue weighted by molar-refractivity contribution is 5.94. The van der Waals surface area contributed by atoms with Crippen molar-refractivity contribution in [2.24, 2.45) is 0 Å². The van der Waals surface area contributed by atoms with Crippen LogP contribution in [0.4, 0.5) is 0 Å². The summed E-state index contributed by atoms with van der Waals surface area (Å²) in [6.45, 7) is 5.47. The minimum atomic E-state index is -0.613. The second-order valence-electron chi connectivity index (χ2n) is 3.73. The quantitative estimate of drug-likeness (QED) is 0.484. The predicted molar refractivity (Wildman–Crippen MR) is 61.7 cm³/mol. The number of rotatable bonds is 5. The van der Waals surface area contributed by atoms with Crippen molar-refractivity contribution in [3.63, 3.8) is 0 Å². The van der Waals surface area contributed by atoms with Crippen LogP contribution in [0.3, 0.4) is 0 Å². The van der Waals surface area contributed by atoms with Gasteiger partial charge in [-0.25, -0.2) is 4.79 Å². The lowest BCUT2D eigenvalue weighted by molar-refractivity contribution is 0.0470. The van der Waals surface area contributed by atoms with Crippen molar-refractivity contribution in [3.8, 4) is 0 Å². The van der Waals surface area contributed by atoms with Gasteiger partial charge in [-0.1, -0.05) is 13.3 Å². The molecule has 5 heteroatoms. The molecule has 0 fully saturated rings. The largest absolute Gasteiger partial charge is 0.461 e. The van der Waals surface area contributed by atoms with Gasteiger partial charge in [0.25, 0.3) is 0 Å². The van der Waals surface area contributed by atoms with Crippen LogP contribution in [0.15, 0.2) is 0 Å². The Hall–Kier alpha value is -1.78. The maximum Gasteiger partial charge on any atom is 0.358 e. The minimum Gasteiger partial charge on any atom is -0.461 e. The number of carbonyl (C=O) groups excluding carboxylic acids is 2. The first-order valence-electron chi connectivity index (χ1n) is 5.64. The van der Waals surface area contributed by atoms with Gasteiger partial charge in [-0.15, -0.1) is 0 Å². The lowest BCUT2D eigenvalue weighted by Crippen LogP contribution is -2.13. The first kappa shape index (κ1) is 13.3. The number of hydrogen-bond acceptors (Lipinski definition) is 4. The molecule has 94 valence electrons. The second-order valence-corrected chi connectivity index (χ2v) is 3.73. The summed E-state index contributed by atoms with van der Waals surface area (Å²) in [5.74, 6) is -0.613. The van der Waals surface area contributed by atoms with Crippen molar-refractivity contribution in [2.75, 3.05) is 6.61 Å². The number of nitrogens with zero attached hydrogens (tertiary/aromatic N) is 1. The van der Waals surface area contributed by atoms with E-state index in [2.05, 4.69) is 0 Å². The van der Waals surface area contributed by atoms with Crippen molar-refractivity contribution in [1.29, 1.82) is 0 Å². The zero-order valence-electron chi connectivity index (χ0n) is 10.3. The molecule has 1 rings (SSSR count). The highest BCUT2D eigenvalue weighted by Crippen LogP contribution is 2.22. The minimum absolute atomic E-state index is 0.0393. The molecule has 0 saturated carbocycles. The van der Waals surface area contributed by atoms with Crippen molar-refractivity contribution >= 4 is 12.3 Å². The van der Waals surface area contributed by atoms with Gasteiger partial charge in [0.15, 0.2) is 12.0 Å². The molecule has 0 aromatic carbocycles. The number of carbonyl (C=O) groups is 2. The molecule has 0 spiro atoms. The fraction of sp³-hybridized carbons (Fsp3) is 0.500. The Morgan fingerprint density at radius 3 is 2.59 bits per heavy atom. The second kappa shape index (κ2) is 5.52. The third kappa shape index (κ3) is 2.33. The van der Waals surface area contributed by atoms with Gasteiger partial charge in [-0.3, -0.25) is 4.79 Å². The van der Waals surface area contributed by atoms with Crippen molar-refractivity contribution < 1.29 is 19.5 Å².